The van der Waals surface area contributed by atoms with E-state index in [1.54, 1.807) is 0 Å². The Morgan fingerprint density at radius 3 is 2.00 bits per heavy atom. The summed E-state index contributed by atoms with van der Waals surface area (Å²) in [4.78, 5) is 0. The molecule has 0 spiro atoms. The number of hydrogen-bond donors (Lipinski definition) is 1. The maximum atomic E-state index is 4.49. The van der Waals surface area contributed by atoms with Crippen molar-refractivity contribution in [2.45, 2.75) is 44.9 Å². The fourth-order valence-electron chi connectivity index (χ4n) is 3.94. The largest absolute Gasteiger partial charge is 0.388 e. The third kappa shape index (κ3) is 2.49. The van der Waals surface area contributed by atoms with Gasteiger partial charge in [0.1, 0.15) is 0 Å². The lowest BCUT2D eigenvalue weighted by atomic mass is 9.72. The summed E-state index contributed by atoms with van der Waals surface area (Å²) in [6.07, 6.45) is 4.64. The molecule has 1 N–H and O–H groups in total. The lowest BCUT2D eigenvalue weighted by molar-refractivity contribution is 0.494. The van der Waals surface area contributed by atoms with E-state index in [0.717, 1.165) is 25.1 Å². The minimum atomic E-state index is -0.0850. The molecule has 0 bridgehead atoms. The zero-order valence-electron chi connectivity index (χ0n) is 14.4. The number of nitrogens with one attached hydrogen (secondary N) is 1. The maximum Gasteiger partial charge on any atom is 0.0604 e. The molecule has 1 aliphatic rings. The average Bonchev–Trinajstić information content (AvgIpc) is 2.89. The van der Waals surface area contributed by atoms with Gasteiger partial charge >= 0.3 is 0 Å². The van der Waals surface area contributed by atoms with Crippen molar-refractivity contribution in [3.63, 3.8) is 0 Å². The van der Waals surface area contributed by atoms with Crippen molar-refractivity contribution >= 4 is 0 Å². The van der Waals surface area contributed by atoms with Crippen LogP contribution in [0.4, 0.5) is 0 Å². The van der Waals surface area contributed by atoms with Crippen molar-refractivity contribution in [2.75, 3.05) is 6.54 Å². The molecule has 2 aromatic carbocycles. The smallest absolute Gasteiger partial charge is 0.0604 e. The number of fused-ring (bicyclic) bond motifs is 3. The molecule has 0 saturated carbocycles. The van der Waals surface area contributed by atoms with Crippen LogP contribution in [0.5, 0.6) is 0 Å². The van der Waals surface area contributed by atoms with Crippen LogP contribution in [0.15, 0.2) is 60.8 Å². The van der Waals surface area contributed by atoms with Crippen molar-refractivity contribution in [3.05, 3.63) is 71.9 Å². The first-order valence-electron chi connectivity index (χ1n) is 8.88. The molecule has 1 nitrogen and oxygen atoms in total. The molecule has 0 atom stereocenters. The summed E-state index contributed by atoms with van der Waals surface area (Å²) in [6.45, 7) is 9.94. The molecule has 0 amide bonds. The summed E-state index contributed by atoms with van der Waals surface area (Å²) >= 11 is 0. The number of hydrogen-bond acceptors (Lipinski definition) is 1. The fourth-order valence-corrected chi connectivity index (χ4v) is 3.94. The zero-order chi connectivity index (χ0) is 16.3. The Balaban J connectivity index is 2.19. The Bertz CT molecular complexity index is 653. The van der Waals surface area contributed by atoms with Crippen molar-refractivity contribution in [1.29, 1.82) is 0 Å². The predicted octanol–water partition coefficient (Wildman–Crippen LogP) is 5.66. The second-order valence-electron chi connectivity index (χ2n) is 6.51. The lowest BCUT2D eigenvalue weighted by Gasteiger charge is -2.35. The van der Waals surface area contributed by atoms with E-state index < -0.39 is 0 Å². The highest BCUT2D eigenvalue weighted by Gasteiger charge is 2.44. The predicted molar refractivity (Wildman–Crippen MR) is 99.6 cm³/mol. The molecule has 0 aliphatic heterocycles. The molecule has 0 saturated heterocycles. The van der Waals surface area contributed by atoms with E-state index >= 15 is 0 Å². The average molecular weight is 305 g/mol. The Labute approximate surface area is 140 Å². The van der Waals surface area contributed by atoms with Crippen LogP contribution in [-0.4, -0.2) is 6.54 Å². The van der Waals surface area contributed by atoms with Crippen LogP contribution in [0, 0.1) is 0 Å². The highest BCUT2D eigenvalue weighted by atomic mass is 14.9. The molecule has 2 aromatic rings. The third-order valence-corrected chi connectivity index (χ3v) is 5.07. The van der Waals surface area contributed by atoms with E-state index in [-0.39, 0.29) is 5.41 Å². The Morgan fingerprint density at radius 2 is 1.48 bits per heavy atom. The van der Waals surface area contributed by atoms with Crippen LogP contribution in [0.25, 0.3) is 11.1 Å². The van der Waals surface area contributed by atoms with Gasteiger partial charge in [0.05, 0.1) is 5.41 Å². The van der Waals surface area contributed by atoms with Gasteiger partial charge < -0.3 is 5.32 Å². The minimum absolute atomic E-state index is 0.0850. The topological polar surface area (TPSA) is 12.0 Å². The van der Waals surface area contributed by atoms with Crippen LogP contribution in [0.1, 0.15) is 50.7 Å². The Morgan fingerprint density at radius 1 is 0.913 bits per heavy atom. The SMILES string of the molecule is C=C(NCCC)C1(CCCC)c2ccccc2-c2ccccc21. The van der Waals surface area contributed by atoms with Gasteiger partial charge in [0.15, 0.2) is 0 Å². The monoisotopic (exact) mass is 305 g/mol. The molecule has 3 rings (SSSR count). The molecular weight excluding hydrogens is 278 g/mol. The van der Waals surface area contributed by atoms with E-state index in [9.17, 15) is 0 Å². The molecule has 23 heavy (non-hydrogen) atoms. The van der Waals surface area contributed by atoms with Gasteiger partial charge in [-0.25, -0.2) is 0 Å². The van der Waals surface area contributed by atoms with Gasteiger partial charge in [0.2, 0.25) is 0 Å². The molecule has 120 valence electrons. The Kier molecular flexibility index (Phi) is 4.56. The second kappa shape index (κ2) is 6.62. The van der Waals surface area contributed by atoms with E-state index in [4.69, 9.17) is 0 Å². The highest BCUT2D eigenvalue weighted by Crippen LogP contribution is 2.54. The summed E-state index contributed by atoms with van der Waals surface area (Å²) in [6, 6.07) is 17.7. The van der Waals surface area contributed by atoms with Gasteiger partial charge in [-0.15, -0.1) is 0 Å². The molecule has 0 fully saturated rings. The lowest BCUT2D eigenvalue weighted by Crippen LogP contribution is -2.35. The molecule has 0 radical (unpaired) electrons. The fraction of sp³-hybridized carbons (Fsp3) is 0.364. The van der Waals surface area contributed by atoms with Crippen molar-refractivity contribution in [2.24, 2.45) is 0 Å². The van der Waals surface area contributed by atoms with Gasteiger partial charge in [-0.2, -0.15) is 0 Å². The summed E-state index contributed by atoms with van der Waals surface area (Å²) in [5.74, 6) is 0. The molecule has 1 heteroatoms. The first-order valence-corrected chi connectivity index (χ1v) is 8.88. The molecule has 0 heterocycles. The first-order chi connectivity index (χ1) is 11.3. The summed E-state index contributed by atoms with van der Waals surface area (Å²) in [7, 11) is 0. The van der Waals surface area contributed by atoms with Gasteiger partial charge in [0, 0.05) is 12.2 Å². The van der Waals surface area contributed by atoms with Crippen molar-refractivity contribution in [3.8, 4) is 11.1 Å². The van der Waals surface area contributed by atoms with Gasteiger partial charge in [0.25, 0.3) is 0 Å². The zero-order valence-corrected chi connectivity index (χ0v) is 14.4. The number of benzene rings is 2. The van der Waals surface area contributed by atoms with Crippen LogP contribution in [0.3, 0.4) is 0 Å². The van der Waals surface area contributed by atoms with Gasteiger partial charge in [-0.1, -0.05) is 81.8 Å². The van der Waals surface area contributed by atoms with Crippen LogP contribution in [-0.2, 0) is 5.41 Å². The molecular formula is C22H27N. The van der Waals surface area contributed by atoms with Crippen molar-refractivity contribution in [1.82, 2.24) is 5.32 Å². The third-order valence-electron chi connectivity index (χ3n) is 5.07. The second-order valence-corrected chi connectivity index (χ2v) is 6.51. The summed E-state index contributed by atoms with van der Waals surface area (Å²) in [5, 5.41) is 3.61. The Hall–Kier alpha value is -2.02. The van der Waals surface area contributed by atoms with Crippen LogP contribution >= 0.6 is 0 Å². The highest BCUT2D eigenvalue weighted by molar-refractivity contribution is 5.82. The summed E-state index contributed by atoms with van der Waals surface area (Å²) in [5.41, 5.74) is 6.66. The van der Waals surface area contributed by atoms with E-state index in [0.29, 0.717) is 0 Å². The first kappa shape index (κ1) is 15.9. The maximum absolute atomic E-state index is 4.49. The number of rotatable bonds is 7. The van der Waals surface area contributed by atoms with Crippen molar-refractivity contribution < 1.29 is 0 Å². The van der Waals surface area contributed by atoms with Gasteiger partial charge in [-0.05, 0) is 35.1 Å². The minimum Gasteiger partial charge on any atom is -0.388 e. The number of unbranched alkanes of at least 4 members (excludes halogenated alkanes) is 1. The normalized spacial score (nSPS) is 14.2. The molecule has 0 aromatic heterocycles. The molecule has 0 unspecified atom stereocenters. The quantitative estimate of drug-likeness (QED) is 0.696. The summed E-state index contributed by atoms with van der Waals surface area (Å²) < 4.78 is 0. The molecule has 1 aliphatic carbocycles. The van der Waals surface area contributed by atoms with E-state index in [1.807, 2.05) is 0 Å². The standard InChI is InChI=1S/C22H27N/c1-4-6-15-22(17(3)23-16-5-2)20-13-9-7-11-18(20)19-12-8-10-14-21(19)22/h7-14,23H,3-6,15-16H2,1-2H3. The van der Waals surface area contributed by atoms with E-state index in [2.05, 4.69) is 74.3 Å². The van der Waals surface area contributed by atoms with E-state index in [1.165, 1.54) is 35.1 Å². The number of allylic oxidation sites excluding steroid dienone is 1. The van der Waals surface area contributed by atoms with Crippen LogP contribution < -0.4 is 5.32 Å². The van der Waals surface area contributed by atoms with Crippen LogP contribution in [0.2, 0.25) is 0 Å². The van der Waals surface area contributed by atoms with Gasteiger partial charge in [-0.3, -0.25) is 0 Å².